The molecular formula is C18H18Cl2N2O3S. The van der Waals surface area contributed by atoms with E-state index in [1.54, 1.807) is 17.0 Å². The maximum absolute atomic E-state index is 12.8. The maximum Gasteiger partial charge on any atom is 0.227 e. The van der Waals surface area contributed by atoms with Crippen LogP contribution in [0.25, 0.3) is 0 Å². The molecule has 1 aliphatic rings. The van der Waals surface area contributed by atoms with Gasteiger partial charge in [-0.2, -0.15) is 0 Å². The SMILES string of the molecule is C[C@H]1c2cccc(S(C)(=O)=O)c2CCN1C(=O)Cc1c(Cl)cncc1Cl. The zero-order valence-corrected chi connectivity index (χ0v) is 16.7. The second kappa shape index (κ2) is 7.18. The van der Waals surface area contributed by atoms with Crippen molar-refractivity contribution in [1.82, 2.24) is 9.88 Å². The topological polar surface area (TPSA) is 67.3 Å². The molecule has 0 unspecified atom stereocenters. The Hall–Kier alpha value is -1.63. The molecule has 0 saturated carbocycles. The molecule has 26 heavy (non-hydrogen) atoms. The monoisotopic (exact) mass is 412 g/mol. The van der Waals surface area contributed by atoms with E-state index >= 15 is 0 Å². The minimum absolute atomic E-state index is 0.0750. The third kappa shape index (κ3) is 3.59. The number of nitrogens with zero attached hydrogens (tertiary/aromatic N) is 2. The Kier molecular flexibility index (Phi) is 5.28. The third-order valence-corrected chi connectivity index (χ3v) is 6.52. The van der Waals surface area contributed by atoms with Gasteiger partial charge in [0, 0.05) is 30.8 Å². The number of fused-ring (bicyclic) bond motifs is 1. The molecule has 1 aromatic carbocycles. The molecule has 0 bridgehead atoms. The van der Waals surface area contributed by atoms with Crippen LogP contribution >= 0.6 is 23.2 Å². The summed E-state index contributed by atoms with van der Waals surface area (Å²) in [5.41, 5.74) is 2.21. The van der Waals surface area contributed by atoms with Gasteiger partial charge in [0.15, 0.2) is 9.84 Å². The Labute approximate surface area is 162 Å². The van der Waals surface area contributed by atoms with Crippen LogP contribution in [0.4, 0.5) is 0 Å². The fourth-order valence-electron chi connectivity index (χ4n) is 3.38. The summed E-state index contributed by atoms with van der Waals surface area (Å²) in [4.78, 5) is 18.8. The van der Waals surface area contributed by atoms with Crippen molar-refractivity contribution < 1.29 is 13.2 Å². The molecule has 1 aliphatic heterocycles. The molecule has 0 radical (unpaired) electrons. The first-order valence-corrected chi connectivity index (χ1v) is 10.7. The number of aromatic nitrogens is 1. The highest BCUT2D eigenvalue weighted by Crippen LogP contribution is 2.34. The van der Waals surface area contributed by atoms with Crippen molar-refractivity contribution in [2.45, 2.75) is 30.7 Å². The largest absolute Gasteiger partial charge is 0.335 e. The summed E-state index contributed by atoms with van der Waals surface area (Å²) in [5.74, 6) is -0.108. The summed E-state index contributed by atoms with van der Waals surface area (Å²) in [7, 11) is -3.31. The summed E-state index contributed by atoms with van der Waals surface area (Å²) in [6.07, 6.45) is 4.70. The predicted molar refractivity (Wildman–Crippen MR) is 101 cm³/mol. The Morgan fingerprint density at radius 3 is 2.54 bits per heavy atom. The fourth-order valence-corrected chi connectivity index (χ4v) is 4.87. The van der Waals surface area contributed by atoms with Crippen molar-refractivity contribution in [2.75, 3.05) is 12.8 Å². The van der Waals surface area contributed by atoms with Crippen molar-refractivity contribution in [3.05, 3.63) is 57.3 Å². The molecule has 8 heteroatoms. The van der Waals surface area contributed by atoms with Gasteiger partial charge in [-0.05, 0) is 30.5 Å². The van der Waals surface area contributed by atoms with Crippen LogP contribution in [0.2, 0.25) is 10.0 Å². The quantitative estimate of drug-likeness (QED) is 0.773. The molecule has 138 valence electrons. The molecule has 1 amide bonds. The lowest BCUT2D eigenvalue weighted by Gasteiger charge is -2.36. The van der Waals surface area contributed by atoms with E-state index in [0.717, 1.165) is 11.1 Å². The Morgan fingerprint density at radius 2 is 1.92 bits per heavy atom. The number of rotatable bonds is 3. The zero-order chi connectivity index (χ0) is 19.1. The van der Waals surface area contributed by atoms with Crippen molar-refractivity contribution in [1.29, 1.82) is 0 Å². The van der Waals surface area contributed by atoms with Crippen LogP contribution in [0.15, 0.2) is 35.5 Å². The van der Waals surface area contributed by atoms with Crippen molar-refractivity contribution in [3.63, 3.8) is 0 Å². The van der Waals surface area contributed by atoms with Gasteiger partial charge in [0.05, 0.1) is 27.4 Å². The number of amides is 1. The van der Waals surface area contributed by atoms with Crippen LogP contribution < -0.4 is 0 Å². The first-order chi connectivity index (χ1) is 12.2. The normalized spacial score (nSPS) is 17.1. The molecule has 1 atom stereocenters. The summed E-state index contributed by atoms with van der Waals surface area (Å²) in [6.45, 7) is 2.34. The molecule has 3 rings (SSSR count). The van der Waals surface area contributed by atoms with Crippen LogP contribution in [0, 0.1) is 0 Å². The summed E-state index contributed by atoms with van der Waals surface area (Å²) in [5, 5.41) is 0.713. The second-order valence-electron chi connectivity index (χ2n) is 6.37. The molecule has 0 spiro atoms. The van der Waals surface area contributed by atoms with E-state index in [1.807, 2.05) is 13.0 Å². The van der Waals surface area contributed by atoms with Crippen LogP contribution in [-0.2, 0) is 27.5 Å². The van der Waals surface area contributed by atoms with Crippen LogP contribution in [0.5, 0.6) is 0 Å². The van der Waals surface area contributed by atoms with Crippen LogP contribution in [0.3, 0.4) is 0 Å². The molecule has 2 aromatic rings. The van der Waals surface area contributed by atoms with Crippen LogP contribution in [0.1, 0.15) is 29.7 Å². The first kappa shape index (κ1) is 19.1. The highest BCUT2D eigenvalue weighted by Gasteiger charge is 2.31. The number of hydrogen-bond donors (Lipinski definition) is 0. The van der Waals surface area contributed by atoms with Gasteiger partial charge in [-0.15, -0.1) is 0 Å². The minimum atomic E-state index is -3.31. The lowest BCUT2D eigenvalue weighted by atomic mass is 9.93. The average molecular weight is 413 g/mol. The number of sulfone groups is 1. The van der Waals surface area contributed by atoms with E-state index in [4.69, 9.17) is 23.2 Å². The van der Waals surface area contributed by atoms with E-state index in [-0.39, 0.29) is 18.4 Å². The average Bonchev–Trinajstić information content (AvgIpc) is 2.57. The number of benzene rings is 1. The summed E-state index contributed by atoms with van der Waals surface area (Å²) < 4.78 is 24.1. The smallest absolute Gasteiger partial charge is 0.227 e. The van der Waals surface area contributed by atoms with Gasteiger partial charge in [-0.3, -0.25) is 9.78 Å². The number of pyridine rings is 1. The highest BCUT2D eigenvalue weighted by atomic mass is 35.5. The summed E-state index contributed by atoms with van der Waals surface area (Å²) >= 11 is 12.2. The number of halogens is 2. The van der Waals surface area contributed by atoms with Gasteiger partial charge >= 0.3 is 0 Å². The van der Waals surface area contributed by atoms with Gasteiger partial charge in [0.1, 0.15) is 0 Å². The van der Waals surface area contributed by atoms with E-state index in [1.165, 1.54) is 18.6 Å². The standard InChI is InChI=1S/C18H18Cl2N2O3S/c1-11-12-4-3-5-17(26(2,24)25)13(12)6-7-22(11)18(23)8-14-15(19)9-21-10-16(14)20/h3-5,9-11H,6-8H2,1-2H3/t11-/m0/s1. The number of carbonyl (C=O) groups excluding carboxylic acids is 1. The van der Waals surface area contributed by atoms with Gasteiger partial charge in [0.25, 0.3) is 0 Å². The lowest BCUT2D eigenvalue weighted by Crippen LogP contribution is -2.40. The Morgan fingerprint density at radius 1 is 1.27 bits per heavy atom. The zero-order valence-electron chi connectivity index (χ0n) is 14.4. The third-order valence-electron chi connectivity index (χ3n) is 4.69. The van der Waals surface area contributed by atoms with Crippen LogP contribution in [-0.4, -0.2) is 37.0 Å². The van der Waals surface area contributed by atoms with Gasteiger partial charge in [-0.1, -0.05) is 35.3 Å². The van der Waals surface area contributed by atoms with Gasteiger partial charge in [0.2, 0.25) is 5.91 Å². The molecule has 0 fully saturated rings. The van der Waals surface area contributed by atoms with E-state index < -0.39 is 9.84 Å². The lowest BCUT2D eigenvalue weighted by molar-refractivity contribution is -0.133. The first-order valence-electron chi connectivity index (χ1n) is 8.09. The van der Waals surface area contributed by atoms with Gasteiger partial charge < -0.3 is 4.90 Å². The van der Waals surface area contributed by atoms with E-state index in [0.29, 0.717) is 33.5 Å². The van der Waals surface area contributed by atoms with E-state index in [9.17, 15) is 13.2 Å². The minimum Gasteiger partial charge on any atom is -0.335 e. The number of hydrogen-bond acceptors (Lipinski definition) is 4. The van der Waals surface area contributed by atoms with Gasteiger partial charge in [-0.25, -0.2) is 8.42 Å². The van der Waals surface area contributed by atoms with E-state index in [2.05, 4.69) is 4.98 Å². The maximum atomic E-state index is 12.8. The second-order valence-corrected chi connectivity index (χ2v) is 9.17. The molecule has 0 aliphatic carbocycles. The van der Waals surface area contributed by atoms with Crippen molar-refractivity contribution >= 4 is 38.9 Å². The summed E-state index contributed by atoms with van der Waals surface area (Å²) in [6, 6.07) is 4.98. The highest BCUT2D eigenvalue weighted by molar-refractivity contribution is 7.90. The molecule has 0 saturated heterocycles. The fraction of sp³-hybridized carbons (Fsp3) is 0.333. The molecule has 5 nitrogen and oxygen atoms in total. The Balaban J connectivity index is 1.90. The molecule has 0 N–H and O–H groups in total. The number of carbonyl (C=O) groups is 1. The molecular weight excluding hydrogens is 395 g/mol. The molecule has 1 aromatic heterocycles. The van der Waals surface area contributed by atoms with Crippen molar-refractivity contribution in [3.8, 4) is 0 Å². The van der Waals surface area contributed by atoms with Crippen molar-refractivity contribution in [2.24, 2.45) is 0 Å². The predicted octanol–water partition coefficient (Wildman–Crippen LogP) is 3.48. The Bertz CT molecular complexity index is 956. The molecule has 2 heterocycles.